The number of amides is 1. The van der Waals surface area contributed by atoms with Crippen LogP contribution in [0.1, 0.15) is 52.5 Å². The van der Waals surface area contributed by atoms with Crippen LogP contribution in [0.4, 0.5) is 32.0 Å². The van der Waals surface area contributed by atoms with Crippen LogP contribution in [0.15, 0.2) is 72.8 Å². The van der Waals surface area contributed by atoms with Crippen LogP contribution in [-0.4, -0.2) is 11.7 Å². The highest BCUT2D eigenvalue weighted by Crippen LogP contribution is 2.60. The number of nitrogens with one attached hydrogen (secondary N) is 1. The summed E-state index contributed by atoms with van der Waals surface area (Å²) in [5.41, 5.74) is -1.30. The molecule has 1 fully saturated rings. The van der Waals surface area contributed by atoms with Crippen LogP contribution < -0.4 is 5.32 Å². The van der Waals surface area contributed by atoms with E-state index < -0.39 is 46.6 Å². The maximum absolute atomic E-state index is 13.8. The Balaban J connectivity index is 1.70. The average Bonchev–Trinajstić information content (AvgIpc) is 3.11. The topological polar surface area (TPSA) is 46.2 Å². The maximum Gasteiger partial charge on any atom is 0.416 e. The summed E-state index contributed by atoms with van der Waals surface area (Å²) in [4.78, 5) is 26.7. The number of hydrogen-bond donors (Lipinski definition) is 1. The second-order valence-corrected chi connectivity index (χ2v) is 9.16. The number of ketones is 1. The van der Waals surface area contributed by atoms with Crippen molar-refractivity contribution in [2.75, 3.05) is 5.32 Å². The maximum atomic E-state index is 13.8. The Hall–Kier alpha value is -3.62. The monoisotopic (exact) mass is 503 g/mol. The van der Waals surface area contributed by atoms with Gasteiger partial charge in [0.15, 0.2) is 0 Å². The van der Waals surface area contributed by atoms with Crippen molar-refractivity contribution in [2.45, 2.75) is 42.4 Å². The lowest BCUT2D eigenvalue weighted by molar-refractivity contribution is -0.138. The van der Waals surface area contributed by atoms with Crippen LogP contribution in [0, 0.1) is 0 Å². The predicted molar refractivity (Wildman–Crippen MR) is 119 cm³/mol. The first-order valence-electron chi connectivity index (χ1n) is 11.2. The average molecular weight is 503 g/mol. The normalized spacial score (nSPS) is 21.4. The van der Waals surface area contributed by atoms with Crippen LogP contribution in [0.2, 0.25) is 0 Å². The Morgan fingerprint density at radius 2 is 1.11 bits per heavy atom. The zero-order chi connectivity index (χ0) is 25.9. The molecule has 1 aliphatic heterocycles. The van der Waals surface area contributed by atoms with Crippen LogP contribution in [0.25, 0.3) is 0 Å². The fourth-order valence-electron chi connectivity index (χ4n) is 5.67. The van der Waals surface area contributed by atoms with E-state index in [1.54, 1.807) is 24.3 Å². The summed E-state index contributed by atoms with van der Waals surface area (Å²) in [6, 6.07) is 15.6. The van der Waals surface area contributed by atoms with E-state index in [9.17, 15) is 35.9 Å². The molecule has 186 valence electrons. The molecule has 1 heterocycles. The van der Waals surface area contributed by atoms with Gasteiger partial charge in [0.25, 0.3) is 0 Å². The Kier molecular flexibility index (Phi) is 5.50. The summed E-state index contributed by atoms with van der Waals surface area (Å²) < 4.78 is 79.1. The van der Waals surface area contributed by atoms with Crippen LogP contribution in [0.5, 0.6) is 0 Å². The number of carbonyl (C=O) groups is 2. The lowest BCUT2D eigenvalue weighted by atomic mass is 9.54. The van der Waals surface area contributed by atoms with Crippen LogP contribution in [0.3, 0.4) is 0 Å². The molecule has 1 saturated carbocycles. The van der Waals surface area contributed by atoms with Crippen molar-refractivity contribution in [2.24, 2.45) is 0 Å². The van der Waals surface area contributed by atoms with Gasteiger partial charge in [-0.1, -0.05) is 42.5 Å². The molecule has 36 heavy (non-hydrogen) atoms. The molecular weight excluding hydrogens is 484 g/mol. The fourth-order valence-corrected chi connectivity index (χ4v) is 5.67. The number of anilines is 1. The van der Waals surface area contributed by atoms with Crippen molar-refractivity contribution in [3.63, 3.8) is 0 Å². The number of rotatable bonds is 2. The van der Waals surface area contributed by atoms with E-state index in [1.165, 1.54) is 24.3 Å². The zero-order valence-electron chi connectivity index (χ0n) is 18.6. The van der Waals surface area contributed by atoms with E-state index in [1.807, 2.05) is 0 Å². The SMILES string of the molecule is O=C1C[C@@H](c2ccc(C(F)(F)F)cc2)C2(C(=O)Nc3ccccc32)[C@H](c2ccc(C(F)(F)F)cc2)C1. The fraction of sp³-hybridized carbons (Fsp3) is 0.259. The molecule has 0 saturated heterocycles. The summed E-state index contributed by atoms with van der Waals surface area (Å²) in [7, 11) is 0. The van der Waals surface area contributed by atoms with Crippen molar-refractivity contribution in [1.29, 1.82) is 0 Å². The summed E-state index contributed by atoms with van der Waals surface area (Å²) in [5, 5.41) is 2.83. The lowest BCUT2D eigenvalue weighted by Gasteiger charge is -2.46. The predicted octanol–water partition coefficient (Wildman–Crippen LogP) is 6.84. The van der Waals surface area contributed by atoms with Crippen LogP contribution in [-0.2, 0) is 27.4 Å². The summed E-state index contributed by atoms with van der Waals surface area (Å²) in [6.07, 6.45) is -9.30. The Bertz CT molecular complexity index is 1260. The summed E-state index contributed by atoms with van der Waals surface area (Å²) in [6.45, 7) is 0. The smallest absolute Gasteiger partial charge is 0.325 e. The van der Waals surface area contributed by atoms with Crippen LogP contribution >= 0.6 is 0 Å². The molecule has 1 aliphatic carbocycles. The van der Waals surface area contributed by atoms with Gasteiger partial charge in [-0.05, 0) is 47.0 Å². The molecule has 3 aromatic carbocycles. The highest BCUT2D eigenvalue weighted by atomic mass is 19.4. The quantitative estimate of drug-likeness (QED) is 0.389. The van der Waals surface area contributed by atoms with E-state index >= 15 is 0 Å². The highest BCUT2D eigenvalue weighted by Gasteiger charge is 2.60. The first-order chi connectivity index (χ1) is 16.9. The minimum atomic E-state index is -4.56. The number of alkyl halides is 6. The minimum absolute atomic E-state index is 0.0930. The Morgan fingerprint density at radius 1 is 0.667 bits per heavy atom. The molecule has 2 aliphatic rings. The molecule has 9 heteroatoms. The largest absolute Gasteiger partial charge is 0.416 e. The van der Waals surface area contributed by atoms with E-state index in [0.717, 1.165) is 24.3 Å². The highest BCUT2D eigenvalue weighted by molar-refractivity contribution is 6.09. The van der Waals surface area contributed by atoms with Gasteiger partial charge in [0.05, 0.1) is 16.5 Å². The Labute approximate surface area is 202 Å². The van der Waals surface area contributed by atoms with E-state index in [2.05, 4.69) is 5.32 Å². The number of hydrogen-bond acceptors (Lipinski definition) is 2. The van der Waals surface area contributed by atoms with Gasteiger partial charge in [0.1, 0.15) is 5.78 Å². The third kappa shape index (κ3) is 3.77. The molecule has 2 atom stereocenters. The molecule has 1 N–H and O–H groups in total. The molecule has 0 bridgehead atoms. The number of fused-ring (bicyclic) bond motifs is 2. The first kappa shape index (κ1) is 24.1. The van der Waals surface area contributed by atoms with Crippen molar-refractivity contribution >= 4 is 17.4 Å². The number of para-hydroxylation sites is 1. The molecular formula is C27H19F6NO2. The molecule has 1 amide bonds. The van der Waals surface area contributed by atoms with Gasteiger partial charge < -0.3 is 5.32 Å². The minimum Gasteiger partial charge on any atom is -0.325 e. The lowest BCUT2D eigenvalue weighted by Crippen LogP contribution is -2.50. The summed E-state index contributed by atoms with van der Waals surface area (Å²) >= 11 is 0. The van der Waals surface area contributed by atoms with Crippen molar-refractivity contribution in [3.05, 3.63) is 101 Å². The standard InChI is InChI=1S/C27H19F6NO2/c28-26(29,30)17-9-5-15(6-10-17)21-13-19(35)14-22(16-7-11-18(12-8-16)27(31,32)33)25(21)20-3-1-2-4-23(20)34-24(25)36/h1-12,21-22H,13-14H2,(H,34,36)/t21-,22-/m0/s1. The van der Waals surface area contributed by atoms with E-state index in [0.29, 0.717) is 22.4 Å². The zero-order valence-corrected chi connectivity index (χ0v) is 18.6. The van der Waals surface area contributed by atoms with Gasteiger partial charge in [-0.3, -0.25) is 9.59 Å². The van der Waals surface area contributed by atoms with Crippen molar-refractivity contribution in [3.8, 4) is 0 Å². The molecule has 0 aromatic heterocycles. The summed E-state index contributed by atoms with van der Waals surface area (Å²) in [5.74, 6) is -2.31. The number of Topliss-reactive ketones (excluding diaryl/α,β-unsaturated/α-hetero) is 1. The number of carbonyl (C=O) groups excluding carboxylic acids is 2. The second-order valence-electron chi connectivity index (χ2n) is 9.16. The number of benzene rings is 3. The second kappa shape index (κ2) is 8.21. The van der Waals surface area contributed by atoms with Crippen molar-refractivity contribution < 1.29 is 35.9 Å². The van der Waals surface area contributed by atoms with Gasteiger partial charge in [-0.2, -0.15) is 26.3 Å². The Morgan fingerprint density at radius 3 is 1.56 bits per heavy atom. The third-order valence-corrected chi connectivity index (χ3v) is 7.24. The molecule has 1 spiro atoms. The van der Waals surface area contributed by atoms with Crippen molar-refractivity contribution in [1.82, 2.24) is 0 Å². The molecule has 3 aromatic rings. The molecule has 3 nitrogen and oxygen atoms in total. The molecule has 0 radical (unpaired) electrons. The van der Waals surface area contributed by atoms with Gasteiger partial charge in [0, 0.05) is 30.4 Å². The van der Waals surface area contributed by atoms with Gasteiger partial charge >= 0.3 is 12.4 Å². The third-order valence-electron chi connectivity index (χ3n) is 7.24. The van der Waals surface area contributed by atoms with Gasteiger partial charge in [-0.25, -0.2) is 0 Å². The van der Waals surface area contributed by atoms with Gasteiger partial charge in [0.2, 0.25) is 5.91 Å². The number of halogens is 6. The van der Waals surface area contributed by atoms with Gasteiger partial charge in [-0.15, -0.1) is 0 Å². The molecule has 0 unspecified atom stereocenters. The molecule has 5 rings (SSSR count). The first-order valence-corrected chi connectivity index (χ1v) is 11.2. The van der Waals surface area contributed by atoms with E-state index in [-0.39, 0.29) is 18.6 Å². The van der Waals surface area contributed by atoms with E-state index in [4.69, 9.17) is 0 Å².